The number of nitrogens with two attached hydrogens (primary N) is 1. The van der Waals surface area contributed by atoms with Gasteiger partial charge in [0.25, 0.3) is 0 Å². The van der Waals surface area contributed by atoms with E-state index >= 15 is 0 Å². The van der Waals surface area contributed by atoms with Crippen LogP contribution in [0.2, 0.25) is 0 Å². The summed E-state index contributed by atoms with van der Waals surface area (Å²) in [7, 11) is -3.56. The molecule has 19 heavy (non-hydrogen) atoms. The summed E-state index contributed by atoms with van der Waals surface area (Å²) < 4.78 is 26.3. The zero-order valence-corrected chi connectivity index (χ0v) is 11.3. The number of anilines is 1. The Labute approximate surface area is 113 Å². The lowest BCUT2D eigenvalue weighted by atomic mass is 10.4. The molecular formula is C12H16N4O2S. The van der Waals surface area contributed by atoms with Crippen LogP contribution < -0.4 is 5.73 Å². The number of pyridine rings is 1. The predicted molar refractivity (Wildman–Crippen MR) is 72.7 cm³/mol. The second kappa shape index (κ2) is 5.57. The second-order valence-corrected chi connectivity index (χ2v) is 6.18. The van der Waals surface area contributed by atoms with Gasteiger partial charge in [-0.2, -0.15) is 4.31 Å². The number of hydrogen-bond acceptors (Lipinski definition) is 5. The van der Waals surface area contributed by atoms with Crippen molar-refractivity contribution in [2.45, 2.75) is 4.90 Å². The van der Waals surface area contributed by atoms with Crippen molar-refractivity contribution in [1.29, 1.82) is 0 Å². The number of aromatic nitrogens is 1. The van der Waals surface area contributed by atoms with Crippen molar-refractivity contribution in [2.24, 2.45) is 0 Å². The van der Waals surface area contributed by atoms with Gasteiger partial charge in [-0.3, -0.25) is 4.90 Å². The number of hydrogen-bond donors (Lipinski definition) is 1. The van der Waals surface area contributed by atoms with Gasteiger partial charge in [-0.15, -0.1) is 6.42 Å². The molecule has 0 radical (unpaired) electrons. The minimum atomic E-state index is -3.56. The summed E-state index contributed by atoms with van der Waals surface area (Å²) in [5.74, 6) is 2.60. The quantitative estimate of drug-likeness (QED) is 0.762. The highest BCUT2D eigenvalue weighted by molar-refractivity contribution is 7.89. The lowest BCUT2D eigenvalue weighted by Gasteiger charge is -2.32. The highest BCUT2D eigenvalue weighted by Gasteiger charge is 2.29. The van der Waals surface area contributed by atoms with E-state index in [0.29, 0.717) is 32.7 Å². The van der Waals surface area contributed by atoms with Crippen molar-refractivity contribution < 1.29 is 8.42 Å². The van der Waals surface area contributed by atoms with Crippen LogP contribution in [-0.2, 0) is 10.0 Å². The van der Waals surface area contributed by atoms with Gasteiger partial charge in [0, 0.05) is 32.4 Å². The van der Waals surface area contributed by atoms with Crippen molar-refractivity contribution in [3.05, 3.63) is 18.3 Å². The molecule has 0 aliphatic carbocycles. The van der Waals surface area contributed by atoms with Crippen LogP contribution in [-0.4, -0.2) is 55.3 Å². The molecule has 1 aliphatic heterocycles. The van der Waals surface area contributed by atoms with Crippen molar-refractivity contribution in [3.8, 4) is 12.3 Å². The summed E-state index contributed by atoms with van der Waals surface area (Å²) in [6.07, 6.45) is 6.71. The van der Waals surface area contributed by atoms with Gasteiger partial charge in [0.2, 0.25) is 10.0 Å². The molecule has 0 bridgehead atoms. The van der Waals surface area contributed by atoms with Crippen LogP contribution in [0.4, 0.5) is 5.82 Å². The summed E-state index contributed by atoms with van der Waals surface area (Å²) in [4.78, 5) is 5.93. The lowest BCUT2D eigenvalue weighted by Crippen LogP contribution is -2.48. The number of nitrogen functional groups attached to an aromatic ring is 1. The van der Waals surface area contributed by atoms with Crippen LogP contribution in [0.15, 0.2) is 23.2 Å². The Bertz CT molecular complexity index is 586. The first kappa shape index (κ1) is 13.8. The van der Waals surface area contributed by atoms with E-state index < -0.39 is 10.0 Å². The Balaban J connectivity index is 2.15. The molecule has 1 saturated heterocycles. The molecular weight excluding hydrogens is 264 g/mol. The first-order valence-electron chi connectivity index (χ1n) is 5.92. The van der Waals surface area contributed by atoms with Crippen LogP contribution in [0.5, 0.6) is 0 Å². The van der Waals surface area contributed by atoms with E-state index in [0.717, 1.165) is 0 Å². The molecule has 0 atom stereocenters. The van der Waals surface area contributed by atoms with Crippen molar-refractivity contribution in [2.75, 3.05) is 38.5 Å². The monoisotopic (exact) mass is 280 g/mol. The number of rotatable bonds is 3. The van der Waals surface area contributed by atoms with Gasteiger partial charge in [0.05, 0.1) is 6.54 Å². The standard InChI is InChI=1S/C12H16N4O2S/c1-2-6-15-7-9-16(10-8-15)19(17,18)11-4-3-5-14-12(11)13/h1,3-5H,6-10H2,(H2,13,14). The first-order valence-corrected chi connectivity index (χ1v) is 7.36. The summed E-state index contributed by atoms with van der Waals surface area (Å²) >= 11 is 0. The van der Waals surface area contributed by atoms with Crippen LogP contribution in [0.25, 0.3) is 0 Å². The maximum atomic E-state index is 12.4. The molecule has 1 aromatic heterocycles. The smallest absolute Gasteiger partial charge is 0.246 e. The average Bonchev–Trinajstić information content (AvgIpc) is 2.40. The summed E-state index contributed by atoms with van der Waals surface area (Å²) in [5.41, 5.74) is 5.63. The van der Waals surface area contributed by atoms with Gasteiger partial charge < -0.3 is 5.73 Å². The molecule has 0 aromatic carbocycles. The number of sulfonamides is 1. The Morgan fingerprint density at radius 3 is 2.63 bits per heavy atom. The molecule has 6 nitrogen and oxygen atoms in total. The fourth-order valence-corrected chi connectivity index (χ4v) is 3.51. The molecule has 2 N–H and O–H groups in total. The Kier molecular flexibility index (Phi) is 4.04. The molecule has 0 unspecified atom stereocenters. The van der Waals surface area contributed by atoms with Gasteiger partial charge in [0.1, 0.15) is 10.7 Å². The fourth-order valence-electron chi connectivity index (χ4n) is 2.02. The third-order valence-electron chi connectivity index (χ3n) is 3.06. The van der Waals surface area contributed by atoms with Crippen molar-refractivity contribution >= 4 is 15.8 Å². The second-order valence-electron chi connectivity index (χ2n) is 4.27. The number of terminal acetylenes is 1. The zero-order valence-electron chi connectivity index (χ0n) is 10.5. The van der Waals surface area contributed by atoms with Gasteiger partial charge in [0.15, 0.2) is 0 Å². The zero-order chi connectivity index (χ0) is 13.9. The topological polar surface area (TPSA) is 79.5 Å². The maximum absolute atomic E-state index is 12.4. The van der Waals surface area contributed by atoms with E-state index in [1.807, 2.05) is 4.90 Å². The summed E-state index contributed by atoms with van der Waals surface area (Å²) in [5, 5.41) is 0. The minimum absolute atomic E-state index is 0.0357. The molecule has 2 heterocycles. The normalized spacial score (nSPS) is 18.1. The molecule has 0 spiro atoms. The minimum Gasteiger partial charge on any atom is -0.383 e. The van der Waals surface area contributed by atoms with E-state index in [1.54, 1.807) is 6.07 Å². The summed E-state index contributed by atoms with van der Waals surface area (Å²) in [6.45, 7) is 2.63. The Morgan fingerprint density at radius 2 is 2.05 bits per heavy atom. The van der Waals surface area contributed by atoms with Crippen LogP contribution in [0, 0.1) is 12.3 Å². The van der Waals surface area contributed by atoms with Crippen LogP contribution >= 0.6 is 0 Å². The molecule has 0 amide bonds. The van der Waals surface area contributed by atoms with E-state index in [2.05, 4.69) is 10.9 Å². The largest absolute Gasteiger partial charge is 0.383 e. The van der Waals surface area contributed by atoms with Crippen molar-refractivity contribution in [3.63, 3.8) is 0 Å². The van der Waals surface area contributed by atoms with E-state index in [1.165, 1.54) is 16.6 Å². The molecule has 2 rings (SSSR count). The van der Waals surface area contributed by atoms with Crippen molar-refractivity contribution in [1.82, 2.24) is 14.2 Å². The lowest BCUT2D eigenvalue weighted by molar-refractivity contribution is 0.207. The molecule has 0 saturated carbocycles. The summed E-state index contributed by atoms with van der Waals surface area (Å²) in [6, 6.07) is 3.04. The number of piperazine rings is 1. The third-order valence-corrected chi connectivity index (χ3v) is 5.01. The van der Waals surface area contributed by atoms with Crippen LogP contribution in [0.3, 0.4) is 0 Å². The molecule has 1 fully saturated rings. The predicted octanol–water partition coefficient (Wildman–Crippen LogP) is -0.397. The third kappa shape index (κ3) is 2.87. The van der Waals surface area contributed by atoms with E-state index in [9.17, 15) is 8.42 Å². The van der Waals surface area contributed by atoms with Gasteiger partial charge >= 0.3 is 0 Å². The molecule has 1 aliphatic rings. The number of nitrogens with zero attached hydrogens (tertiary/aromatic N) is 3. The average molecular weight is 280 g/mol. The van der Waals surface area contributed by atoms with Crippen LogP contribution in [0.1, 0.15) is 0 Å². The molecule has 102 valence electrons. The molecule has 1 aromatic rings. The molecule has 7 heteroatoms. The SMILES string of the molecule is C#CCN1CCN(S(=O)(=O)c2cccnc2N)CC1. The Morgan fingerprint density at radius 1 is 1.37 bits per heavy atom. The highest BCUT2D eigenvalue weighted by atomic mass is 32.2. The van der Waals surface area contributed by atoms with Gasteiger partial charge in [-0.05, 0) is 12.1 Å². The Hall–Kier alpha value is -1.62. The van der Waals surface area contributed by atoms with E-state index in [-0.39, 0.29) is 10.7 Å². The van der Waals surface area contributed by atoms with Gasteiger partial charge in [-0.1, -0.05) is 5.92 Å². The van der Waals surface area contributed by atoms with E-state index in [4.69, 9.17) is 12.2 Å². The highest BCUT2D eigenvalue weighted by Crippen LogP contribution is 2.21. The fraction of sp³-hybridized carbons (Fsp3) is 0.417. The first-order chi connectivity index (χ1) is 9.05. The van der Waals surface area contributed by atoms with Gasteiger partial charge in [-0.25, -0.2) is 13.4 Å². The maximum Gasteiger partial charge on any atom is 0.246 e.